The minimum absolute atomic E-state index is 0.0955. The summed E-state index contributed by atoms with van der Waals surface area (Å²) < 4.78 is 38.0. The van der Waals surface area contributed by atoms with E-state index < -0.39 is 17.6 Å². The van der Waals surface area contributed by atoms with E-state index in [4.69, 9.17) is 16.9 Å². The van der Waals surface area contributed by atoms with Crippen molar-refractivity contribution in [2.75, 3.05) is 10.6 Å². The van der Waals surface area contributed by atoms with Crippen LogP contribution in [0.25, 0.3) is 0 Å². The third-order valence-corrected chi connectivity index (χ3v) is 3.26. The average molecular weight is 366 g/mol. The SMILES string of the molecule is N#C/C(=C/Nc1cccc(C(F)(F)F)c1)C(=O)Nc1cccc(Cl)c1. The first kappa shape index (κ1) is 18.4. The molecule has 0 aliphatic carbocycles. The molecule has 0 bridgehead atoms. The van der Waals surface area contributed by atoms with Gasteiger partial charge in [0.2, 0.25) is 0 Å². The second-order valence-electron chi connectivity index (χ2n) is 4.86. The van der Waals surface area contributed by atoms with Crippen molar-refractivity contribution < 1.29 is 18.0 Å². The fourth-order valence-corrected chi connectivity index (χ4v) is 2.04. The van der Waals surface area contributed by atoms with Crippen molar-refractivity contribution in [1.82, 2.24) is 0 Å². The van der Waals surface area contributed by atoms with Crippen molar-refractivity contribution in [1.29, 1.82) is 5.26 Å². The highest BCUT2D eigenvalue weighted by Crippen LogP contribution is 2.30. The van der Waals surface area contributed by atoms with Gasteiger partial charge < -0.3 is 10.6 Å². The fourth-order valence-electron chi connectivity index (χ4n) is 1.85. The van der Waals surface area contributed by atoms with E-state index in [9.17, 15) is 18.0 Å². The molecule has 0 fully saturated rings. The molecule has 4 nitrogen and oxygen atoms in total. The quantitative estimate of drug-likeness (QED) is 0.603. The summed E-state index contributed by atoms with van der Waals surface area (Å²) in [5.41, 5.74) is -0.666. The van der Waals surface area contributed by atoms with Gasteiger partial charge in [-0.15, -0.1) is 0 Å². The topological polar surface area (TPSA) is 64.9 Å². The monoisotopic (exact) mass is 365 g/mol. The summed E-state index contributed by atoms with van der Waals surface area (Å²) in [6.07, 6.45) is -3.45. The normalized spacial score (nSPS) is 11.6. The van der Waals surface area contributed by atoms with Crippen LogP contribution in [0, 0.1) is 11.3 Å². The lowest BCUT2D eigenvalue weighted by atomic mass is 10.2. The zero-order valence-corrected chi connectivity index (χ0v) is 13.3. The molecule has 128 valence electrons. The molecule has 2 rings (SSSR count). The first-order chi connectivity index (χ1) is 11.8. The van der Waals surface area contributed by atoms with Gasteiger partial charge in [0.15, 0.2) is 0 Å². The van der Waals surface area contributed by atoms with E-state index in [-0.39, 0.29) is 11.3 Å². The molecule has 25 heavy (non-hydrogen) atoms. The number of hydrogen-bond acceptors (Lipinski definition) is 3. The molecule has 0 spiro atoms. The van der Waals surface area contributed by atoms with Gasteiger partial charge in [-0.3, -0.25) is 4.79 Å². The van der Waals surface area contributed by atoms with Gasteiger partial charge in [0.25, 0.3) is 5.91 Å². The van der Waals surface area contributed by atoms with Gasteiger partial charge in [-0.25, -0.2) is 0 Å². The number of nitrogens with one attached hydrogen (secondary N) is 2. The maximum absolute atomic E-state index is 12.7. The third kappa shape index (κ3) is 5.26. The Bertz CT molecular complexity index is 857. The van der Waals surface area contributed by atoms with E-state index in [0.29, 0.717) is 10.7 Å². The molecule has 0 aromatic heterocycles. The van der Waals surface area contributed by atoms with Gasteiger partial charge in [-0.1, -0.05) is 23.7 Å². The number of halogens is 4. The first-order valence-electron chi connectivity index (χ1n) is 6.90. The zero-order chi connectivity index (χ0) is 18.4. The van der Waals surface area contributed by atoms with E-state index in [1.165, 1.54) is 18.2 Å². The Hall–Kier alpha value is -2.98. The number of carbonyl (C=O) groups excluding carboxylic acids is 1. The minimum atomic E-state index is -4.48. The molecular weight excluding hydrogens is 355 g/mol. The first-order valence-corrected chi connectivity index (χ1v) is 7.28. The van der Waals surface area contributed by atoms with Crippen LogP contribution in [0.4, 0.5) is 24.5 Å². The minimum Gasteiger partial charge on any atom is -0.360 e. The summed E-state index contributed by atoms with van der Waals surface area (Å²) >= 11 is 5.80. The van der Waals surface area contributed by atoms with Crippen molar-refractivity contribution in [2.45, 2.75) is 6.18 Å². The van der Waals surface area contributed by atoms with Crippen molar-refractivity contribution in [3.8, 4) is 6.07 Å². The van der Waals surface area contributed by atoms with Crippen molar-refractivity contribution in [3.63, 3.8) is 0 Å². The molecule has 0 radical (unpaired) electrons. The van der Waals surface area contributed by atoms with Crippen molar-refractivity contribution >= 4 is 28.9 Å². The van der Waals surface area contributed by atoms with Gasteiger partial charge in [0.1, 0.15) is 11.6 Å². The highest BCUT2D eigenvalue weighted by molar-refractivity contribution is 6.31. The molecule has 0 aliphatic heterocycles. The van der Waals surface area contributed by atoms with Crippen LogP contribution in [-0.2, 0) is 11.0 Å². The van der Waals surface area contributed by atoms with Crippen molar-refractivity contribution in [2.24, 2.45) is 0 Å². The van der Waals surface area contributed by atoms with Gasteiger partial charge in [-0.2, -0.15) is 18.4 Å². The Morgan fingerprint density at radius 3 is 2.44 bits per heavy atom. The molecule has 2 aromatic rings. The Morgan fingerprint density at radius 2 is 1.80 bits per heavy atom. The number of nitriles is 1. The Morgan fingerprint density at radius 1 is 1.12 bits per heavy atom. The number of rotatable bonds is 4. The number of hydrogen-bond donors (Lipinski definition) is 2. The Kier molecular flexibility index (Phi) is 5.67. The number of nitrogens with zero attached hydrogens (tertiary/aromatic N) is 1. The van der Waals surface area contributed by atoms with Crippen LogP contribution in [0.15, 0.2) is 60.3 Å². The Labute approximate surface area is 146 Å². The summed E-state index contributed by atoms with van der Waals surface area (Å²) in [5.74, 6) is -0.718. The van der Waals surface area contributed by atoms with Crippen LogP contribution in [0.3, 0.4) is 0 Å². The molecule has 0 atom stereocenters. The van der Waals surface area contributed by atoms with E-state index >= 15 is 0 Å². The zero-order valence-electron chi connectivity index (χ0n) is 12.6. The maximum Gasteiger partial charge on any atom is 0.416 e. The number of alkyl halides is 3. The standard InChI is InChI=1S/C17H11ClF3N3O/c18-13-4-2-6-15(8-13)24-16(25)11(9-22)10-23-14-5-1-3-12(7-14)17(19,20)21/h1-8,10,23H,(H,24,25)/b11-10-. The molecule has 0 saturated heterocycles. The number of carbonyl (C=O) groups is 1. The predicted octanol–water partition coefficient (Wildman–Crippen LogP) is 4.82. The van der Waals surface area contributed by atoms with Gasteiger partial charge in [0, 0.05) is 22.6 Å². The van der Waals surface area contributed by atoms with Gasteiger partial charge in [-0.05, 0) is 36.4 Å². The molecule has 0 unspecified atom stereocenters. The molecular formula is C17H11ClF3N3O. The smallest absolute Gasteiger partial charge is 0.360 e. The van der Waals surface area contributed by atoms with E-state index in [0.717, 1.165) is 18.3 Å². The lowest BCUT2D eigenvalue weighted by Gasteiger charge is -2.09. The average Bonchev–Trinajstić information content (AvgIpc) is 2.55. The second-order valence-corrected chi connectivity index (χ2v) is 5.29. The van der Waals surface area contributed by atoms with Crippen LogP contribution in [0.1, 0.15) is 5.56 Å². The highest BCUT2D eigenvalue weighted by Gasteiger charge is 2.30. The lowest BCUT2D eigenvalue weighted by molar-refractivity contribution is -0.137. The third-order valence-electron chi connectivity index (χ3n) is 3.02. The molecule has 2 N–H and O–H groups in total. The van der Waals surface area contributed by atoms with Gasteiger partial charge >= 0.3 is 6.18 Å². The van der Waals surface area contributed by atoms with Crippen LogP contribution in [0.2, 0.25) is 5.02 Å². The molecule has 1 amide bonds. The van der Waals surface area contributed by atoms with Crippen LogP contribution >= 0.6 is 11.6 Å². The Balaban J connectivity index is 2.12. The van der Waals surface area contributed by atoms with Crippen LogP contribution in [-0.4, -0.2) is 5.91 Å². The van der Waals surface area contributed by atoms with Gasteiger partial charge in [0.05, 0.1) is 5.56 Å². The molecule has 8 heteroatoms. The highest BCUT2D eigenvalue weighted by atomic mass is 35.5. The fraction of sp³-hybridized carbons (Fsp3) is 0.0588. The largest absolute Gasteiger partial charge is 0.416 e. The summed E-state index contributed by atoms with van der Waals surface area (Å²) in [7, 11) is 0. The molecule has 0 saturated carbocycles. The second kappa shape index (κ2) is 7.73. The predicted molar refractivity (Wildman–Crippen MR) is 88.8 cm³/mol. The van der Waals surface area contributed by atoms with Crippen molar-refractivity contribution in [3.05, 3.63) is 70.9 Å². The molecule has 0 heterocycles. The van der Waals surface area contributed by atoms with Crippen LogP contribution in [0.5, 0.6) is 0 Å². The molecule has 2 aromatic carbocycles. The number of amides is 1. The summed E-state index contributed by atoms with van der Waals surface area (Å²) in [4.78, 5) is 12.0. The summed E-state index contributed by atoms with van der Waals surface area (Å²) in [6, 6.07) is 12.4. The van der Waals surface area contributed by atoms with Crippen LogP contribution < -0.4 is 10.6 Å². The van der Waals surface area contributed by atoms with E-state index in [2.05, 4.69) is 10.6 Å². The summed E-state index contributed by atoms with van der Waals surface area (Å²) in [5, 5.41) is 14.5. The molecule has 0 aliphatic rings. The lowest BCUT2D eigenvalue weighted by Crippen LogP contribution is -2.14. The summed E-state index contributed by atoms with van der Waals surface area (Å²) in [6.45, 7) is 0. The maximum atomic E-state index is 12.7. The number of anilines is 2. The number of benzene rings is 2. The van der Waals surface area contributed by atoms with E-state index in [1.807, 2.05) is 0 Å². The van der Waals surface area contributed by atoms with E-state index in [1.54, 1.807) is 24.3 Å².